The second-order valence-corrected chi connectivity index (χ2v) is 6.54. The predicted molar refractivity (Wildman–Crippen MR) is 101 cm³/mol. The monoisotopic (exact) mass is 352 g/mol. The molecule has 5 heteroatoms. The lowest BCUT2D eigenvalue weighted by Gasteiger charge is -2.09. The minimum absolute atomic E-state index is 0.680. The molecule has 0 bridgehead atoms. The second kappa shape index (κ2) is 8.03. The van der Waals surface area contributed by atoms with Crippen molar-refractivity contribution in [2.75, 3.05) is 14.2 Å². The van der Waals surface area contributed by atoms with Crippen LogP contribution in [0, 0.1) is 6.92 Å². The summed E-state index contributed by atoms with van der Waals surface area (Å²) in [5, 5.41) is 9.60. The SMILES string of the molecule is COc1ccc(-c2ccc(SCc3ccccc3C)nn2)cc1OC. The van der Waals surface area contributed by atoms with Crippen molar-refractivity contribution in [2.24, 2.45) is 0 Å². The molecule has 0 aliphatic carbocycles. The average molecular weight is 352 g/mol. The smallest absolute Gasteiger partial charge is 0.161 e. The molecule has 25 heavy (non-hydrogen) atoms. The van der Waals surface area contributed by atoms with Gasteiger partial charge in [-0.2, -0.15) is 0 Å². The molecule has 3 rings (SSSR count). The van der Waals surface area contributed by atoms with Crippen LogP contribution in [0.5, 0.6) is 11.5 Å². The number of methoxy groups -OCH3 is 2. The first-order valence-electron chi connectivity index (χ1n) is 7.94. The molecule has 3 aromatic rings. The van der Waals surface area contributed by atoms with Crippen LogP contribution in [0.25, 0.3) is 11.3 Å². The molecule has 0 unspecified atom stereocenters. The van der Waals surface area contributed by atoms with Crippen LogP contribution in [0.2, 0.25) is 0 Å². The van der Waals surface area contributed by atoms with E-state index in [1.165, 1.54) is 11.1 Å². The number of rotatable bonds is 6. The first-order valence-corrected chi connectivity index (χ1v) is 8.93. The van der Waals surface area contributed by atoms with Crippen LogP contribution >= 0.6 is 11.8 Å². The molecule has 1 aromatic heterocycles. The van der Waals surface area contributed by atoms with Crippen molar-refractivity contribution in [1.82, 2.24) is 10.2 Å². The van der Waals surface area contributed by atoms with E-state index in [0.717, 1.165) is 22.0 Å². The maximum Gasteiger partial charge on any atom is 0.161 e. The summed E-state index contributed by atoms with van der Waals surface area (Å²) in [6.45, 7) is 2.13. The fourth-order valence-electron chi connectivity index (χ4n) is 2.47. The maximum atomic E-state index is 5.34. The van der Waals surface area contributed by atoms with Gasteiger partial charge in [-0.05, 0) is 48.4 Å². The van der Waals surface area contributed by atoms with E-state index in [2.05, 4.69) is 41.4 Å². The normalized spacial score (nSPS) is 10.5. The maximum absolute atomic E-state index is 5.34. The van der Waals surface area contributed by atoms with Crippen molar-refractivity contribution in [1.29, 1.82) is 0 Å². The van der Waals surface area contributed by atoms with Crippen molar-refractivity contribution in [3.8, 4) is 22.8 Å². The molecule has 0 atom stereocenters. The number of benzene rings is 2. The summed E-state index contributed by atoms with van der Waals surface area (Å²) in [5.41, 5.74) is 4.37. The second-order valence-electron chi connectivity index (χ2n) is 5.54. The van der Waals surface area contributed by atoms with E-state index in [1.807, 2.05) is 30.3 Å². The summed E-state index contributed by atoms with van der Waals surface area (Å²) >= 11 is 1.69. The molecule has 4 nitrogen and oxygen atoms in total. The molecular weight excluding hydrogens is 332 g/mol. The van der Waals surface area contributed by atoms with E-state index in [0.29, 0.717) is 11.5 Å². The minimum atomic E-state index is 0.680. The van der Waals surface area contributed by atoms with E-state index >= 15 is 0 Å². The number of ether oxygens (including phenoxy) is 2. The Kier molecular flexibility index (Phi) is 5.56. The van der Waals surface area contributed by atoms with Crippen molar-refractivity contribution < 1.29 is 9.47 Å². The van der Waals surface area contributed by atoms with Crippen LogP contribution < -0.4 is 9.47 Å². The van der Waals surface area contributed by atoms with Gasteiger partial charge in [-0.25, -0.2) is 0 Å². The number of thioether (sulfide) groups is 1. The third-order valence-corrected chi connectivity index (χ3v) is 4.93. The largest absolute Gasteiger partial charge is 0.493 e. The van der Waals surface area contributed by atoms with Gasteiger partial charge in [0.15, 0.2) is 11.5 Å². The van der Waals surface area contributed by atoms with Gasteiger partial charge < -0.3 is 9.47 Å². The fourth-order valence-corrected chi connectivity index (χ4v) is 3.36. The molecule has 2 aromatic carbocycles. The third-order valence-electron chi connectivity index (χ3n) is 3.96. The van der Waals surface area contributed by atoms with Crippen molar-refractivity contribution in [3.63, 3.8) is 0 Å². The minimum Gasteiger partial charge on any atom is -0.493 e. The van der Waals surface area contributed by atoms with Crippen LogP contribution in [0.4, 0.5) is 0 Å². The zero-order valence-electron chi connectivity index (χ0n) is 14.5. The number of hydrogen-bond acceptors (Lipinski definition) is 5. The molecular formula is C20H20N2O2S. The Hall–Kier alpha value is -2.53. The molecule has 0 fully saturated rings. The molecule has 0 saturated carbocycles. The highest BCUT2D eigenvalue weighted by atomic mass is 32.2. The lowest BCUT2D eigenvalue weighted by Crippen LogP contribution is -1.93. The van der Waals surface area contributed by atoms with E-state index in [4.69, 9.17) is 9.47 Å². The highest BCUT2D eigenvalue weighted by Gasteiger charge is 2.08. The summed E-state index contributed by atoms with van der Waals surface area (Å²) in [4.78, 5) is 0. The molecule has 0 N–H and O–H groups in total. The Morgan fingerprint density at radius 2 is 1.68 bits per heavy atom. The van der Waals surface area contributed by atoms with Gasteiger partial charge in [-0.1, -0.05) is 36.0 Å². The molecule has 128 valence electrons. The van der Waals surface area contributed by atoms with Gasteiger partial charge in [0, 0.05) is 11.3 Å². The number of aryl methyl sites for hydroxylation is 1. The van der Waals surface area contributed by atoms with E-state index in [1.54, 1.807) is 26.0 Å². The molecule has 1 heterocycles. The van der Waals surface area contributed by atoms with Gasteiger partial charge in [0.05, 0.1) is 19.9 Å². The fraction of sp³-hybridized carbons (Fsp3) is 0.200. The average Bonchev–Trinajstić information content (AvgIpc) is 2.67. The van der Waals surface area contributed by atoms with Crippen LogP contribution in [0.15, 0.2) is 59.6 Å². The van der Waals surface area contributed by atoms with E-state index in [9.17, 15) is 0 Å². The Labute approximate surface area is 152 Å². The van der Waals surface area contributed by atoms with Crippen LogP contribution in [-0.4, -0.2) is 24.4 Å². The summed E-state index contributed by atoms with van der Waals surface area (Å²) < 4.78 is 10.6. The van der Waals surface area contributed by atoms with E-state index < -0.39 is 0 Å². The molecule has 0 aliphatic heterocycles. The Morgan fingerprint density at radius 1 is 0.880 bits per heavy atom. The summed E-state index contributed by atoms with van der Waals surface area (Å²) in [6.07, 6.45) is 0. The number of nitrogens with zero attached hydrogens (tertiary/aromatic N) is 2. The van der Waals surface area contributed by atoms with Gasteiger partial charge >= 0.3 is 0 Å². The molecule has 0 saturated heterocycles. The summed E-state index contributed by atoms with van der Waals surface area (Å²) in [7, 11) is 3.25. The Bertz CT molecular complexity index is 851. The third kappa shape index (κ3) is 4.12. The molecule has 0 spiro atoms. The van der Waals surface area contributed by atoms with Crippen molar-refractivity contribution >= 4 is 11.8 Å². The van der Waals surface area contributed by atoms with Gasteiger partial charge in [0.25, 0.3) is 0 Å². The molecule has 0 amide bonds. The highest BCUT2D eigenvalue weighted by molar-refractivity contribution is 7.98. The van der Waals surface area contributed by atoms with Crippen molar-refractivity contribution in [3.05, 3.63) is 65.7 Å². The van der Waals surface area contributed by atoms with Crippen LogP contribution in [0.1, 0.15) is 11.1 Å². The topological polar surface area (TPSA) is 44.2 Å². The predicted octanol–water partition coefficient (Wildman–Crippen LogP) is 4.76. The first-order chi connectivity index (χ1) is 12.2. The van der Waals surface area contributed by atoms with Gasteiger partial charge in [0.1, 0.15) is 5.03 Å². The first kappa shape index (κ1) is 17.3. The zero-order chi connectivity index (χ0) is 17.6. The summed E-state index contributed by atoms with van der Waals surface area (Å²) in [6, 6.07) is 18.1. The number of hydrogen-bond donors (Lipinski definition) is 0. The van der Waals surface area contributed by atoms with Gasteiger partial charge in [-0.15, -0.1) is 10.2 Å². The van der Waals surface area contributed by atoms with Crippen LogP contribution in [0.3, 0.4) is 0 Å². The molecule has 0 aliphatic rings. The lowest BCUT2D eigenvalue weighted by molar-refractivity contribution is 0.355. The van der Waals surface area contributed by atoms with Gasteiger partial charge in [-0.3, -0.25) is 0 Å². The Balaban J connectivity index is 1.73. The number of aromatic nitrogens is 2. The Morgan fingerprint density at radius 3 is 2.36 bits per heavy atom. The highest BCUT2D eigenvalue weighted by Crippen LogP contribution is 2.32. The molecule has 0 radical (unpaired) electrons. The quantitative estimate of drug-likeness (QED) is 0.598. The standard InChI is InChI=1S/C20H20N2O2S/c1-14-6-4-5-7-16(14)13-25-20-11-9-17(21-22-20)15-8-10-18(23-2)19(12-15)24-3/h4-12H,13H2,1-3H3. The van der Waals surface area contributed by atoms with Crippen LogP contribution in [-0.2, 0) is 5.75 Å². The van der Waals surface area contributed by atoms with Crippen molar-refractivity contribution in [2.45, 2.75) is 17.7 Å². The van der Waals surface area contributed by atoms with Gasteiger partial charge in [0.2, 0.25) is 0 Å². The van der Waals surface area contributed by atoms with E-state index in [-0.39, 0.29) is 0 Å². The summed E-state index contributed by atoms with van der Waals surface area (Å²) in [5.74, 6) is 2.27. The zero-order valence-corrected chi connectivity index (χ0v) is 15.3. The lowest BCUT2D eigenvalue weighted by atomic mass is 10.1.